The zero-order chi connectivity index (χ0) is 22.6. The van der Waals surface area contributed by atoms with Crippen LogP contribution in [0.3, 0.4) is 0 Å². The van der Waals surface area contributed by atoms with E-state index >= 15 is 0 Å². The molecular formula is C26H36N2O4. The maximum Gasteiger partial charge on any atom is 0.339 e. The lowest BCUT2D eigenvalue weighted by Gasteiger charge is -2.42. The summed E-state index contributed by atoms with van der Waals surface area (Å²) in [5.41, 5.74) is 0.350. The molecule has 32 heavy (non-hydrogen) atoms. The molecule has 2 fully saturated rings. The Morgan fingerprint density at radius 1 is 1.19 bits per heavy atom. The number of carbonyl (C=O) groups is 2. The highest BCUT2D eigenvalue weighted by molar-refractivity contribution is 5.94. The molecule has 1 saturated heterocycles. The number of esters is 1. The van der Waals surface area contributed by atoms with Crippen molar-refractivity contribution in [1.82, 2.24) is 4.90 Å². The van der Waals surface area contributed by atoms with Crippen LogP contribution >= 0.6 is 0 Å². The van der Waals surface area contributed by atoms with E-state index in [0.29, 0.717) is 43.4 Å². The van der Waals surface area contributed by atoms with Gasteiger partial charge in [0, 0.05) is 38.5 Å². The predicted octanol–water partition coefficient (Wildman–Crippen LogP) is 4.86. The first-order valence-corrected chi connectivity index (χ1v) is 12.2. The van der Waals surface area contributed by atoms with Crippen molar-refractivity contribution < 1.29 is 19.1 Å². The first-order valence-electron chi connectivity index (χ1n) is 12.2. The molecule has 1 aliphatic carbocycles. The molecule has 0 N–H and O–H groups in total. The maximum atomic E-state index is 12.3. The summed E-state index contributed by atoms with van der Waals surface area (Å²) in [5.74, 6) is 0.470. The van der Waals surface area contributed by atoms with Gasteiger partial charge in [-0.2, -0.15) is 0 Å². The summed E-state index contributed by atoms with van der Waals surface area (Å²) in [7, 11) is 1.72. The van der Waals surface area contributed by atoms with E-state index in [0.717, 1.165) is 37.5 Å². The van der Waals surface area contributed by atoms with E-state index in [4.69, 9.17) is 9.47 Å². The van der Waals surface area contributed by atoms with Crippen molar-refractivity contribution in [3.05, 3.63) is 35.4 Å². The van der Waals surface area contributed by atoms with Gasteiger partial charge in [-0.3, -0.25) is 4.79 Å². The van der Waals surface area contributed by atoms with Gasteiger partial charge < -0.3 is 14.4 Å². The SMILES string of the molecule is CCCCCC1CCC(C=O)(OC(=NC)N2CCC3(CC2)OC(=O)c2ccccc23)CC1. The quantitative estimate of drug-likeness (QED) is 0.208. The molecular weight excluding hydrogens is 404 g/mol. The summed E-state index contributed by atoms with van der Waals surface area (Å²) in [6.07, 6.45) is 11.0. The van der Waals surface area contributed by atoms with E-state index in [1.807, 2.05) is 24.3 Å². The van der Waals surface area contributed by atoms with E-state index < -0.39 is 11.2 Å². The molecule has 6 nitrogen and oxygen atoms in total. The number of carbonyl (C=O) groups excluding carboxylic acids is 2. The van der Waals surface area contributed by atoms with Crippen molar-refractivity contribution in [2.45, 2.75) is 82.3 Å². The minimum atomic E-state index is -0.766. The number of ether oxygens (including phenoxy) is 2. The number of aldehydes is 1. The minimum Gasteiger partial charge on any atom is -0.451 e. The summed E-state index contributed by atoms with van der Waals surface area (Å²) >= 11 is 0. The lowest BCUT2D eigenvalue weighted by atomic mass is 9.77. The number of hydrogen-bond donors (Lipinski definition) is 0. The molecule has 0 atom stereocenters. The van der Waals surface area contributed by atoms with Crippen LogP contribution < -0.4 is 0 Å². The van der Waals surface area contributed by atoms with Crippen LogP contribution in [0.15, 0.2) is 29.3 Å². The fraction of sp³-hybridized carbons (Fsp3) is 0.654. The third kappa shape index (κ3) is 4.41. The van der Waals surface area contributed by atoms with Crippen LogP contribution in [-0.2, 0) is 19.9 Å². The average Bonchev–Trinajstić information content (AvgIpc) is 3.11. The Kier molecular flexibility index (Phi) is 6.87. The van der Waals surface area contributed by atoms with Gasteiger partial charge in [0.25, 0.3) is 6.02 Å². The molecule has 6 heteroatoms. The van der Waals surface area contributed by atoms with Crippen molar-refractivity contribution in [1.29, 1.82) is 0 Å². The van der Waals surface area contributed by atoms with E-state index in [9.17, 15) is 9.59 Å². The van der Waals surface area contributed by atoms with Crippen LogP contribution in [0.25, 0.3) is 0 Å². The van der Waals surface area contributed by atoms with E-state index in [2.05, 4.69) is 16.8 Å². The van der Waals surface area contributed by atoms with Gasteiger partial charge in [0.2, 0.25) is 0 Å². The number of unbranched alkanes of at least 4 members (excludes halogenated alkanes) is 2. The topological polar surface area (TPSA) is 68.2 Å². The number of likely N-dealkylation sites (tertiary alicyclic amines) is 1. The van der Waals surface area contributed by atoms with Crippen molar-refractivity contribution in [2.75, 3.05) is 20.1 Å². The number of hydrogen-bond acceptors (Lipinski definition) is 5. The monoisotopic (exact) mass is 440 g/mol. The third-order valence-electron chi connectivity index (χ3n) is 7.64. The van der Waals surface area contributed by atoms with E-state index in [1.54, 1.807) is 7.05 Å². The number of aliphatic imine (C=N–C) groups is 1. The number of fused-ring (bicyclic) bond motifs is 2. The fourth-order valence-corrected chi connectivity index (χ4v) is 5.59. The number of piperidine rings is 1. The Bertz CT molecular complexity index is 849. The smallest absolute Gasteiger partial charge is 0.339 e. The van der Waals surface area contributed by atoms with Gasteiger partial charge in [0.05, 0.1) is 5.56 Å². The molecule has 0 aromatic heterocycles. The summed E-state index contributed by atoms with van der Waals surface area (Å²) in [6.45, 7) is 3.57. The molecule has 0 bridgehead atoms. The third-order valence-corrected chi connectivity index (χ3v) is 7.64. The molecule has 2 heterocycles. The van der Waals surface area contributed by atoms with Gasteiger partial charge in [-0.1, -0.05) is 50.8 Å². The summed E-state index contributed by atoms with van der Waals surface area (Å²) in [5, 5.41) is 0. The molecule has 1 aromatic carbocycles. The number of nitrogens with zero attached hydrogens (tertiary/aromatic N) is 2. The van der Waals surface area contributed by atoms with Crippen molar-refractivity contribution >= 4 is 18.3 Å². The van der Waals surface area contributed by atoms with Crippen molar-refractivity contribution in [3.63, 3.8) is 0 Å². The first kappa shape index (κ1) is 22.8. The Labute approximate surface area is 191 Å². The molecule has 3 aliphatic rings. The summed E-state index contributed by atoms with van der Waals surface area (Å²) in [4.78, 5) is 30.9. The van der Waals surface area contributed by atoms with Gasteiger partial charge >= 0.3 is 5.97 Å². The van der Waals surface area contributed by atoms with Crippen LogP contribution in [0, 0.1) is 5.92 Å². The Morgan fingerprint density at radius 3 is 2.56 bits per heavy atom. The van der Waals surface area contributed by atoms with Gasteiger partial charge in [-0.25, -0.2) is 9.79 Å². The molecule has 0 unspecified atom stereocenters. The molecule has 1 spiro atoms. The second kappa shape index (κ2) is 9.63. The average molecular weight is 441 g/mol. The molecule has 2 aliphatic heterocycles. The number of amidine groups is 1. The molecule has 1 saturated carbocycles. The Morgan fingerprint density at radius 2 is 1.91 bits per heavy atom. The van der Waals surface area contributed by atoms with E-state index in [1.165, 1.54) is 25.7 Å². The lowest BCUT2D eigenvalue weighted by molar-refractivity contribution is -0.127. The predicted molar refractivity (Wildman–Crippen MR) is 124 cm³/mol. The molecule has 0 amide bonds. The molecule has 174 valence electrons. The largest absolute Gasteiger partial charge is 0.451 e. The second-order valence-corrected chi connectivity index (χ2v) is 9.65. The van der Waals surface area contributed by atoms with Crippen LogP contribution in [0.5, 0.6) is 0 Å². The van der Waals surface area contributed by atoms with Gasteiger partial charge in [0.1, 0.15) is 5.60 Å². The highest BCUT2D eigenvalue weighted by Crippen LogP contribution is 2.44. The number of rotatable bonds is 6. The highest BCUT2D eigenvalue weighted by atomic mass is 16.6. The van der Waals surface area contributed by atoms with Crippen LogP contribution in [-0.4, -0.2) is 48.9 Å². The summed E-state index contributed by atoms with van der Waals surface area (Å²) < 4.78 is 12.2. The van der Waals surface area contributed by atoms with Gasteiger partial charge in [-0.15, -0.1) is 0 Å². The first-order chi connectivity index (χ1) is 15.5. The molecule has 4 rings (SSSR count). The normalized spacial score (nSPS) is 27.2. The van der Waals surface area contributed by atoms with Crippen LogP contribution in [0.4, 0.5) is 0 Å². The fourth-order valence-electron chi connectivity index (χ4n) is 5.59. The highest BCUT2D eigenvalue weighted by Gasteiger charge is 2.48. The van der Waals surface area contributed by atoms with Crippen LogP contribution in [0.2, 0.25) is 0 Å². The van der Waals surface area contributed by atoms with Crippen LogP contribution in [0.1, 0.15) is 87.1 Å². The van der Waals surface area contributed by atoms with Crippen molar-refractivity contribution in [3.8, 4) is 0 Å². The maximum absolute atomic E-state index is 12.3. The van der Waals surface area contributed by atoms with Gasteiger partial charge in [-0.05, 0) is 37.7 Å². The minimum absolute atomic E-state index is 0.231. The Hall–Kier alpha value is -2.37. The van der Waals surface area contributed by atoms with E-state index in [-0.39, 0.29) is 5.97 Å². The van der Waals surface area contributed by atoms with Gasteiger partial charge in [0.15, 0.2) is 11.9 Å². The zero-order valence-corrected chi connectivity index (χ0v) is 19.5. The second-order valence-electron chi connectivity index (χ2n) is 9.65. The zero-order valence-electron chi connectivity index (χ0n) is 19.5. The lowest BCUT2D eigenvalue weighted by Crippen LogP contribution is -2.50. The molecule has 1 aromatic rings. The number of benzene rings is 1. The Balaban J connectivity index is 1.36. The van der Waals surface area contributed by atoms with Crippen molar-refractivity contribution in [2.24, 2.45) is 10.9 Å². The summed E-state index contributed by atoms with van der Waals surface area (Å²) in [6, 6.07) is 8.22. The molecule has 0 radical (unpaired) electrons. The standard InChI is InChI=1S/C26H36N2O4/c1-3-4-5-8-20-11-13-25(19-29,14-12-20)32-24(27-2)28-17-15-26(16-18-28)22-10-7-6-9-21(22)23(30)31-26/h6-7,9-10,19-20H,3-5,8,11-18H2,1-2H3.